The van der Waals surface area contributed by atoms with Crippen LogP contribution in [0.2, 0.25) is 5.02 Å². The number of hydrogen-bond acceptors (Lipinski definition) is 6. The Balaban J connectivity index is 1.15. The fourth-order valence-corrected chi connectivity index (χ4v) is 3.82. The molecule has 4 rings (SSSR count). The van der Waals surface area contributed by atoms with Crippen LogP contribution in [-0.2, 0) is 11.2 Å². The molecule has 1 aliphatic heterocycles. The molecule has 0 saturated carbocycles. The highest BCUT2D eigenvalue weighted by Gasteiger charge is 2.19. The van der Waals surface area contributed by atoms with E-state index < -0.39 is 0 Å². The van der Waals surface area contributed by atoms with Gasteiger partial charge in [0.25, 0.3) is 0 Å². The van der Waals surface area contributed by atoms with Gasteiger partial charge in [-0.1, -0.05) is 59.2 Å². The van der Waals surface area contributed by atoms with E-state index in [1.54, 1.807) is 6.07 Å². The van der Waals surface area contributed by atoms with Gasteiger partial charge in [0.15, 0.2) is 0 Å². The zero-order chi connectivity index (χ0) is 21.5. The van der Waals surface area contributed by atoms with Crippen molar-refractivity contribution >= 4 is 23.2 Å². The zero-order valence-electron chi connectivity index (χ0n) is 17.3. The van der Waals surface area contributed by atoms with Gasteiger partial charge in [0, 0.05) is 38.2 Å². The number of carbonyl (C=O) groups excluding carboxylic acids is 1. The van der Waals surface area contributed by atoms with Crippen LogP contribution in [0.25, 0.3) is 11.4 Å². The lowest BCUT2D eigenvalue weighted by Crippen LogP contribution is -2.48. The van der Waals surface area contributed by atoms with Gasteiger partial charge in [-0.05, 0) is 25.1 Å². The summed E-state index contributed by atoms with van der Waals surface area (Å²) in [6.07, 6.45) is 1.73. The molecular formula is C23H26ClN5O2. The molecule has 1 saturated heterocycles. The number of aryl methyl sites for hydroxylation is 1. The number of amides is 1. The lowest BCUT2D eigenvalue weighted by atomic mass is 10.2. The van der Waals surface area contributed by atoms with E-state index in [1.165, 1.54) is 0 Å². The molecule has 2 heterocycles. The van der Waals surface area contributed by atoms with Crippen LogP contribution in [0.15, 0.2) is 59.1 Å². The predicted octanol–water partition coefficient (Wildman–Crippen LogP) is 3.58. The molecule has 0 spiro atoms. The highest BCUT2D eigenvalue weighted by atomic mass is 35.5. The van der Waals surface area contributed by atoms with E-state index in [4.69, 9.17) is 16.1 Å². The lowest BCUT2D eigenvalue weighted by Gasteiger charge is -2.34. The molecule has 0 bridgehead atoms. The quantitative estimate of drug-likeness (QED) is 0.578. The van der Waals surface area contributed by atoms with E-state index in [-0.39, 0.29) is 5.91 Å². The number of benzene rings is 2. The molecule has 0 radical (unpaired) electrons. The first-order chi connectivity index (χ1) is 15.2. The van der Waals surface area contributed by atoms with Crippen molar-refractivity contribution in [3.05, 3.63) is 65.5 Å². The van der Waals surface area contributed by atoms with Crippen LogP contribution in [0.4, 0.5) is 5.69 Å². The van der Waals surface area contributed by atoms with Crippen LogP contribution in [0.5, 0.6) is 0 Å². The van der Waals surface area contributed by atoms with Crippen molar-refractivity contribution in [2.24, 2.45) is 0 Å². The Bertz CT molecular complexity index is 986. The van der Waals surface area contributed by atoms with Crippen LogP contribution in [0, 0.1) is 0 Å². The molecule has 1 N–H and O–H groups in total. The highest BCUT2D eigenvalue weighted by molar-refractivity contribution is 6.33. The van der Waals surface area contributed by atoms with Gasteiger partial charge in [-0.15, -0.1) is 0 Å². The molecule has 0 aliphatic carbocycles. The lowest BCUT2D eigenvalue weighted by molar-refractivity contribution is -0.117. The molecule has 31 heavy (non-hydrogen) atoms. The normalized spacial score (nSPS) is 15.1. The summed E-state index contributed by atoms with van der Waals surface area (Å²) >= 11 is 6.11. The second kappa shape index (κ2) is 10.5. The highest BCUT2D eigenvalue weighted by Crippen LogP contribution is 2.20. The number of rotatable bonds is 8. The Morgan fingerprint density at radius 3 is 2.48 bits per heavy atom. The molecule has 1 aromatic heterocycles. The first-order valence-corrected chi connectivity index (χ1v) is 10.9. The van der Waals surface area contributed by atoms with Crippen LogP contribution >= 0.6 is 11.6 Å². The molecule has 162 valence electrons. The van der Waals surface area contributed by atoms with Gasteiger partial charge >= 0.3 is 0 Å². The standard InChI is InChI=1S/C23H26ClN5O2/c24-19-9-4-5-10-20(19)25-21(30)17-29-15-13-28(14-16-29)12-6-11-22-26-23(27-31-22)18-7-2-1-3-8-18/h1-5,7-10H,6,11-17H2,(H,25,30). The molecule has 1 aliphatic rings. The molecule has 3 aromatic rings. The van der Waals surface area contributed by atoms with Gasteiger partial charge in [-0.25, -0.2) is 0 Å². The van der Waals surface area contributed by atoms with E-state index in [0.29, 0.717) is 29.0 Å². The Labute approximate surface area is 187 Å². The summed E-state index contributed by atoms with van der Waals surface area (Å²) in [5, 5.41) is 7.51. The number of para-hydroxylation sites is 1. The number of nitrogens with zero attached hydrogens (tertiary/aromatic N) is 4. The summed E-state index contributed by atoms with van der Waals surface area (Å²) in [4.78, 5) is 21.4. The number of carbonyl (C=O) groups is 1. The first kappa shape index (κ1) is 21.5. The molecule has 1 fully saturated rings. The summed E-state index contributed by atoms with van der Waals surface area (Å²) in [5.41, 5.74) is 1.62. The maximum Gasteiger partial charge on any atom is 0.238 e. The molecule has 8 heteroatoms. The molecule has 7 nitrogen and oxygen atoms in total. The van der Waals surface area contributed by atoms with Gasteiger partial charge < -0.3 is 14.7 Å². The summed E-state index contributed by atoms with van der Waals surface area (Å²) in [5.74, 6) is 1.28. The van der Waals surface area contributed by atoms with E-state index in [9.17, 15) is 4.79 Å². The van der Waals surface area contributed by atoms with Gasteiger partial charge in [-0.3, -0.25) is 9.69 Å². The smallest absolute Gasteiger partial charge is 0.238 e. The van der Waals surface area contributed by atoms with Gasteiger partial charge in [-0.2, -0.15) is 4.98 Å². The summed E-state index contributed by atoms with van der Waals surface area (Å²) in [6.45, 7) is 4.98. The second-order valence-electron chi connectivity index (χ2n) is 7.63. The minimum Gasteiger partial charge on any atom is -0.339 e. The van der Waals surface area contributed by atoms with Crippen molar-refractivity contribution in [1.29, 1.82) is 0 Å². The SMILES string of the molecule is O=C(CN1CCN(CCCc2nc(-c3ccccc3)no2)CC1)Nc1ccccc1Cl. The van der Waals surface area contributed by atoms with Crippen molar-refractivity contribution < 1.29 is 9.32 Å². The van der Waals surface area contributed by atoms with Crippen molar-refractivity contribution in [3.63, 3.8) is 0 Å². The Morgan fingerprint density at radius 1 is 1.00 bits per heavy atom. The summed E-state index contributed by atoms with van der Waals surface area (Å²) < 4.78 is 5.38. The average Bonchev–Trinajstić information content (AvgIpc) is 3.26. The minimum absolute atomic E-state index is 0.0350. The van der Waals surface area contributed by atoms with Crippen LogP contribution in [-0.4, -0.2) is 65.1 Å². The fourth-order valence-electron chi connectivity index (χ4n) is 3.64. The van der Waals surface area contributed by atoms with Gasteiger partial charge in [0.05, 0.1) is 17.3 Å². The van der Waals surface area contributed by atoms with E-state index >= 15 is 0 Å². The maximum atomic E-state index is 12.3. The van der Waals surface area contributed by atoms with E-state index in [2.05, 4.69) is 25.3 Å². The van der Waals surface area contributed by atoms with E-state index in [0.717, 1.165) is 51.1 Å². The number of piperazine rings is 1. The Hall–Kier alpha value is -2.74. The van der Waals surface area contributed by atoms with Crippen molar-refractivity contribution in [2.45, 2.75) is 12.8 Å². The van der Waals surface area contributed by atoms with Crippen molar-refractivity contribution in [1.82, 2.24) is 19.9 Å². The number of anilines is 1. The van der Waals surface area contributed by atoms with Crippen LogP contribution in [0.1, 0.15) is 12.3 Å². The molecule has 2 aromatic carbocycles. The predicted molar refractivity (Wildman–Crippen MR) is 121 cm³/mol. The monoisotopic (exact) mass is 439 g/mol. The number of aromatic nitrogens is 2. The largest absolute Gasteiger partial charge is 0.339 e. The molecule has 1 amide bonds. The zero-order valence-corrected chi connectivity index (χ0v) is 18.1. The third-order valence-corrected chi connectivity index (χ3v) is 5.67. The molecule has 0 atom stereocenters. The first-order valence-electron chi connectivity index (χ1n) is 10.5. The van der Waals surface area contributed by atoms with Gasteiger partial charge in [0.2, 0.25) is 17.6 Å². The van der Waals surface area contributed by atoms with Crippen LogP contribution < -0.4 is 5.32 Å². The Kier molecular flexibility index (Phi) is 7.30. The maximum absolute atomic E-state index is 12.3. The number of halogens is 1. The number of nitrogens with one attached hydrogen (secondary N) is 1. The third-order valence-electron chi connectivity index (χ3n) is 5.35. The fraction of sp³-hybridized carbons (Fsp3) is 0.348. The second-order valence-corrected chi connectivity index (χ2v) is 8.03. The number of hydrogen-bond donors (Lipinski definition) is 1. The van der Waals surface area contributed by atoms with Gasteiger partial charge in [0.1, 0.15) is 0 Å². The summed E-state index contributed by atoms with van der Waals surface area (Å²) in [6, 6.07) is 17.1. The van der Waals surface area contributed by atoms with E-state index in [1.807, 2.05) is 48.5 Å². The third kappa shape index (κ3) is 6.13. The van der Waals surface area contributed by atoms with Crippen molar-refractivity contribution in [3.8, 4) is 11.4 Å². The average molecular weight is 440 g/mol. The Morgan fingerprint density at radius 2 is 1.71 bits per heavy atom. The van der Waals surface area contributed by atoms with Crippen molar-refractivity contribution in [2.75, 3.05) is 44.6 Å². The van der Waals surface area contributed by atoms with Crippen LogP contribution in [0.3, 0.4) is 0 Å². The molecular weight excluding hydrogens is 414 g/mol. The summed E-state index contributed by atoms with van der Waals surface area (Å²) in [7, 11) is 0. The topological polar surface area (TPSA) is 74.5 Å². The minimum atomic E-state index is -0.0350. The molecule has 0 unspecified atom stereocenters.